The largest absolute Gasteiger partial charge is 0.391 e. The molecule has 0 fully saturated rings. The summed E-state index contributed by atoms with van der Waals surface area (Å²) in [6.45, 7) is 3.10. The van der Waals surface area contributed by atoms with E-state index in [2.05, 4.69) is 24.4 Å². The number of aryl methyl sites for hydroxylation is 1. The van der Waals surface area contributed by atoms with E-state index in [9.17, 15) is 4.79 Å². The number of hydrogen-bond acceptors (Lipinski definition) is 2. The average molecular weight is 242 g/mol. The van der Waals surface area contributed by atoms with E-state index in [0.717, 1.165) is 25.1 Å². The van der Waals surface area contributed by atoms with E-state index in [1.165, 1.54) is 22.3 Å². The van der Waals surface area contributed by atoms with Crippen LogP contribution in [0, 0.1) is 6.92 Å². The molecule has 0 unspecified atom stereocenters. The van der Waals surface area contributed by atoms with Gasteiger partial charge in [-0.05, 0) is 60.4 Å². The number of rotatable bonds is 0. The van der Waals surface area contributed by atoms with Crippen LogP contribution in [0.3, 0.4) is 0 Å². The molecule has 0 saturated heterocycles. The van der Waals surface area contributed by atoms with Crippen molar-refractivity contribution in [2.24, 2.45) is 0 Å². The van der Waals surface area contributed by atoms with Crippen molar-refractivity contribution in [1.82, 2.24) is 5.32 Å². The van der Waals surface area contributed by atoms with E-state index < -0.39 is 0 Å². The van der Waals surface area contributed by atoms with E-state index in [1.807, 2.05) is 18.1 Å². The minimum absolute atomic E-state index is 0.229. The Balaban J connectivity index is 2.21. The summed E-state index contributed by atoms with van der Waals surface area (Å²) in [6, 6.07) is 2.25. The summed E-state index contributed by atoms with van der Waals surface area (Å²) in [7, 11) is 1.89. The summed E-state index contributed by atoms with van der Waals surface area (Å²) < 4.78 is 0. The molecular weight excluding hydrogens is 224 g/mol. The van der Waals surface area contributed by atoms with Gasteiger partial charge in [-0.2, -0.15) is 0 Å². The lowest BCUT2D eigenvalue weighted by Gasteiger charge is -2.29. The Bertz CT molecular complexity index is 546. The molecule has 0 saturated carbocycles. The van der Waals surface area contributed by atoms with Crippen LogP contribution in [0.15, 0.2) is 12.3 Å². The summed E-state index contributed by atoms with van der Waals surface area (Å²) >= 11 is 0. The Kier molecular flexibility index (Phi) is 2.62. The molecule has 2 aliphatic heterocycles. The lowest BCUT2D eigenvalue weighted by molar-refractivity contribution is -0.118. The molecule has 94 valence electrons. The van der Waals surface area contributed by atoms with Crippen LogP contribution in [0.5, 0.6) is 0 Å². The summed E-state index contributed by atoms with van der Waals surface area (Å²) in [5.74, 6) is 0.229. The number of carbonyl (C=O) groups is 1. The minimum atomic E-state index is 0.229. The maximum absolute atomic E-state index is 11.8. The summed E-state index contributed by atoms with van der Waals surface area (Å²) in [4.78, 5) is 13.7. The third-order valence-corrected chi connectivity index (χ3v) is 4.01. The molecule has 3 nitrogen and oxygen atoms in total. The number of hydrogen-bond donors (Lipinski definition) is 1. The second kappa shape index (κ2) is 4.16. The first-order valence-corrected chi connectivity index (χ1v) is 6.50. The van der Waals surface area contributed by atoms with Crippen LogP contribution in [-0.4, -0.2) is 19.5 Å². The summed E-state index contributed by atoms with van der Waals surface area (Å²) in [6.07, 6.45) is 6.68. The third kappa shape index (κ3) is 1.62. The molecule has 2 aliphatic rings. The van der Waals surface area contributed by atoms with Crippen molar-refractivity contribution < 1.29 is 4.79 Å². The van der Waals surface area contributed by atoms with Gasteiger partial charge in [-0.3, -0.25) is 4.79 Å². The molecule has 3 heteroatoms. The molecule has 1 N–H and O–H groups in total. The zero-order valence-electron chi connectivity index (χ0n) is 10.9. The molecule has 0 aliphatic carbocycles. The second-order valence-electron chi connectivity index (χ2n) is 5.07. The van der Waals surface area contributed by atoms with Crippen molar-refractivity contribution in [1.29, 1.82) is 0 Å². The van der Waals surface area contributed by atoms with Crippen molar-refractivity contribution >= 4 is 17.7 Å². The van der Waals surface area contributed by atoms with E-state index >= 15 is 0 Å². The molecular formula is C15H18N2O. The Morgan fingerprint density at radius 3 is 2.94 bits per heavy atom. The highest BCUT2D eigenvalue weighted by Crippen LogP contribution is 2.35. The van der Waals surface area contributed by atoms with E-state index in [-0.39, 0.29) is 5.91 Å². The molecule has 0 bridgehead atoms. The number of amides is 1. The van der Waals surface area contributed by atoms with E-state index in [0.29, 0.717) is 6.42 Å². The van der Waals surface area contributed by atoms with Crippen LogP contribution in [0.1, 0.15) is 28.7 Å². The van der Waals surface area contributed by atoms with Gasteiger partial charge in [0, 0.05) is 25.7 Å². The predicted octanol–water partition coefficient (Wildman–Crippen LogP) is 2.02. The molecule has 1 aromatic rings. The van der Waals surface area contributed by atoms with Crippen molar-refractivity contribution in [3.63, 3.8) is 0 Å². The molecule has 18 heavy (non-hydrogen) atoms. The zero-order chi connectivity index (χ0) is 12.7. The number of nitrogens with one attached hydrogen (secondary N) is 1. The Labute approximate surface area is 107 Å². The Morgan fingerprint density at radius 2 is 2.11 bits per heavy atom. The number of nitrogens with zero attached hydrogens (tertiary/aromatic N) is 1. The lowest BCUT2D eigenvalue weighted by Crippen LogP contribution is -2.32. The first-order chi connectivity index (χ1) is 8.68. The lowest BCUT2D eigenvalue weighted by atomic mass is 9.90. The molecule has 0 spiro atoms. The van der Waals surface area contributed by atoms with Gasteiger partial charge in [-0.1, -0.05) is 0 Å². The standard InChI is InChI=1S/C15H18N2O/c1-10-13-6-8-16-7-5-11(13)9-12-3-4-14(18)17(2)15(10)12/h5,7,9,16H,3-4,6,8H2,1-2H3. The Morgan fingerprint density at radius 1 is 1.28 bits per heavy atom. The normalized spacial score (nSPS) is 17.9. The van der Waals surface area contributed by atoms with E-state index in [1.54, 1.807) is 0 Å². The molecule has 0 atom stereocenters. The minimum Gasteiger partial charge on any atom is -0.391 e. The maximum Gasteiger partial charge on any atom is 0.227 e. The molecule has 0 radical (unpaired) electrons. The van der Waals surface area contributed by atoms with Crippen LogP contribution in [0.25, 0.3) is 6.08 Å². The fourth-order valence-electron chi connectivity index (χ4n) is 3.04. The van der Waals surface area contributed by atoms with Crippen molar-refractivity contribution in [2.45, 2.75) is 26.2 Å². The summed E-state index contributed by atoms with van der Waals surface area (Å²) in [5, 5.41) is 3.27. The molecule has 2 heterocycles. The number of benzene rings is 1. The SMILES string of the molecule is Cc1c2c(cc3c1N(C)C(=O)CC3)C=CNCC2. The molecule has 1 aromatic carbocycles. The van der Waals surface area contributed by atoms with Crippen LogP contribution in [-0.2, 0) is 17.6 Å². The van der Waals surface area contributed by atoms with Crippen LogP contribution in [0.4, 0.5) is 5.69 Å². The first-order valence-electron chi connectivity index (χ1n) is 6.50. The highest BCUT2D eigenvalue weighted by molar-refractivity contribution is 5.97. The van der Waals surface area contributed by atoms with Gasteiger partial charge in [0.25, 0.3) is 0 Å². The van der Waals surface area contributed by atoms with Gasteiger partial charge >= 0.3 is 0 Å². The zero-order valence-corrected chi connectivity index (χ0v) is 10.9. The monoisotopic (exact) mass is 242 g/mol. The van der Waals surface area contributed by atoms with Crippen molar-refractivity contribution in [2.75, 3.05) is 18.5 Å². The van der Waals surface area contributed by atoms with Gasteiger partial charge in [0.15, 0.2) is 0 Å². The fraction of sp³-hybridized carbons (Fsp3) is 0.400. The number of anilines is 1. The number of fused-ring (bicyclic) bond motifs is 2. The van der Waals surface area contributed by atoms with Crippen LogP contribution >= 0.6 is 0 Å². The molecule has 3 rings (SSSR count). The van der Waals surface area contributed by atoms with Crippen molar-refractivity contribution in [3.05, 3.63) is 34.5 Å². The topological polar surface area (TPSA) is 32.3 Å². The first kappa shape index (κ1) is 11.3. The van der Waals surface area contributed by atoms with Crippen LogP contribution < -0.4 is 10.2 Å². The smallest absolute Gasteiger partial charge is 0.227 e. The van der Waals surface area contributed by atoms with Gasteiger partial charge in [-0.25, -0.2) is 0 Å². The van der Waals surface area contributed by atoms with Gasteiger partial charge in [0.2, 0.25) is 5.91 Å². The predicted molar refractivity (Wildman–Crippen MR) is 73.7 cm³/mol. The molecule has 0 aromatic heterocycles. The average Bonchev–Trinajstić information content (AvgIpc) is 2.59. The van der Waals surface area contributed by atoms with E-state index in [4.69, 9.17) is 0 Å². The third-order valence-electron chi connectivity index (χ3n) is 4.01. The molecule has 1 amide bonds. The quantitative estimate of drug-likeness (QED) is 0.755. The van der Waals surface area contributed by atoms with Crippen molar-refractivity contribution in [3.8, 4) is 0 Å². The fourth-order valence-corrected chi connectivity index (χ4v) is 3.04. The van der Waals surface area contributed by atoms with Crippen LogP contribution in [0.2, 0.25) is 0 Å². The number of carbonyl (C=O) groups excluding carboxylic acids is 1. The van der Waals surface area contributed by atoms with Gasteiger partial charge in [0.05, 0.1) is 0 Å². The highest BCUT2D eigenvalue weighted by atomic mass is 16.2. The summed E-state index contributed by atoms with van der Waals surface area (Å²) in [5.41, 5.74) is 6.39. The maximum atomic E-state index is 11.8. The van der Waals surface area contributed by atoms with Gasteiger partial charge in [-0.15, -0.1) is 0 Å². The highest BCUT2D eigenvalue weighted by Gasteiger charge is 2.25. The second-order valence-corrected chi connectivity index (χ2v) is 5.07. The van der Waals surface area contributed by atoms with Gasteiger partial charge < -0.3 is 10.2 Å². The van der Waals surface area contributed by atoms with Gasteiger partial charge in [0.1, 0.15) is 0 Å². The Hall–Kier alpha value is -1.77.